The highest BCUT2D eigenvalue weighted by molar-refractivity contribution is 8.00. The van der Waals surface area contributed by atoms with Gasteiger partial charge in [-0.1, -0.05) is 62.7 Å². The fourth-order valence-electron chi connectivity index (χ4n) is 2.56. The molecule has 0 aliphatic carbocycles. The maximum Gasteiger partial charge on any atom is 0.233 e. The third-order valence-corrected chi connectivity index (χ3v) is 5.45. The predicted octanol–water partition coefficient (Wildman–Crippen LogP) is 5.65. The molecule has 0 radical (unpaired) electrons. The van der Waals surface area contributed by atoms with Gasteiger partial charge in [0.1, 0.15) is 0 Å². The van der Waals surface area contributed by atoms with Crippen molar-refractivity contribution in [3.8, 4) is 0 Å². The van der Waals surface area contributed by atoms with Crippen molar-refractivity contribution in [2.75, 3.05) is 0 Å². The summed E-state index contributed by atoms with van der Waals surface area (Å²) in [4.78, 5) is 13.6. The minimum Gasteiger partial charge on any atom is -0.349 e. The van der Waals surface area contributed by atoms with Gasteiger partial charge in [-0.3, -0.25) is 4.79 Å². The van der Waals surface area contributed by atoms with Gasteiger partial charge in [0.15, 0.2) is 0 Å². The molecule has 0 fully saturated rings. The Morgan fingerprint density at radius 2 is 1.52 bits per heavy atom. The molecule has 1 N–H and O–H groups in total. The number of benzene rings is 2. The van der Waals surface area contributed by atoms with Crippen molar-refractivity contribution in [1.29, 1.82) is 0 Å². The van der Waals surface area contributed by atoms with E-state index in [1.807, 2.05) is 13.8 Å². The summed E-state index contributed by atoms with van der Waals surface area (Å²) in [7, 11) is 0. The molecule has 2 aromatic carbocycles. The van der Waals surface area contributed by atoms with Crippen LogP contribution in [-0.4, -0.2) is 11.2 Å². The van der Waals surface area contributed by atoms with Crippen LogP contribution in [0, 0.1) is 6.92 Å². The lowest BCUT2D eigenvalue weighted by Crippen LogP contribution is -2.33. The first kappa shape index (κ1) is 19.6. The number of amides is 1. The van der Waals surface area contributed by atoms with Crippen LogP contribution in [0.1, 0.15) is 57.4 Å². The van der Waals surface area contributed by atoms with E-state index in [-0.39, 0.29) is 22.6 Å². The molecule has 0 aliphatic heterocycles. The average molecular weight is 356 g/mol. The van der Waals surface area contributed by atoms with E-state index in [2.05, 4.69) is 81.5 Å². The van der Waals surface area contributed by atoms with Crippen LogP contribution in [0.3, 0.4) is 0 Å². The summed E-state index contributed by atoms with van der Waals surface area (Å²) in [6, 6.07) is 16.8. The van der Waals surface area contributed by atoms with Crippen LogP contribution in [0.2, 0.25) is 0 Å². The Morgan fingerprint density at radius 3 is 2.04 bits per heavy atom. The second kappa shape index (κ2) is 8.09. The summed E-state index contributed by atoms with van der Waals surface area (Å²) < 4.78 is 0. The second-order valence-electron chi connectivity index (χ2n) is 7.68. The van der Waals surface area contributed by atoms with Gasteiger partial charge >= 0.3 is 0 Å². The third-order valence-electron chi connectivity index (χ3n) is 4.34. The third kappa shape index (κ3) is 5.64. The van der Waals surface area contributed by atoms with Crippen LogP contribution < -0.4 is 5.32 Å². The molecule has 0 bridgehead atoms. The normalized spacial score (nSPS) is 14.0. The van der Waals surface area contributed by atoms with Gasteiger partial charge in [-0.15, -0.1) is 11.8 Å². The minimum absolute atomic E-state index is 0.00239. The lowest BCUT2D eigenvalue weighted by atomic mass is 9.86. The molecule has 0 saturated heterocycles. The van der Waals surface area contributed by atoms with Crippen LogP contribution >= 0.6 is 11.8 Å². The van der Waals surface area contributed by atoms with Crippen molar-refractivity contribution in [3.63, 3.8) is 0 Å². The van der Waals surface area contributed by atoms with Crippen molar-refractivity contribution < 1.29 is 4.79 Å². The standard InChI is InChI=1S/C22H29NOS/c1-15-7-13-20(14-8-15)25-17(3)21(24)23-16(2)18-9-11-19(12-10-18)22(4,5)6/h7-14,16-17H,1-6H3,(H,23,24)/t16-,17-/m0/s1. The lowest BCUT2D eigenvalue weighted by Gasteiger charge is -2.21. The predicted molar refractivity (Wildman–Crippen MR) is 108 cm³/mol. The first-order chi connectivity index (χ1) is 11.7. The maximum absolute atomic E-state index is 12.5. The zero-order valence-electron chi connectivity index (χ0n) is 16.1. The summed E-state index contributed by atoms with van der Waals surface area (Å²) in [5.74, 6) is 0.0676. The molecule has 2 nitrogen and oxygen atoms in total. The van der Waals surface area contributed by atoms with Gasteiger partial charge in [0, 0.05) is 4.90 Å². The Hall–Kier alpha value is -1.74. The van der Waals surface area contributed by atoms with Gasteiger partial charge in [-0.05, 0) is 49.4 Å². The van der Waals surface area contributed by atoms with E-state index >= 15 is 0 Å². The van der Waals surface area contributed by atoms with Gasteiger partial charge in [0.25, 0.3) is 0 Å². The van der Waals surface area contributed by atoms with Crippen molar-refractivity contribution in [1.82, 2.24) is 5.32 Å². The van der Waals surface area contributed by atoms with Crippen molar-refractivity contribution in [2.45, 2.75) is 63.1 Å². The van der Waals surface area contributed by atoms with Crippen LogP contribution in [0.25, 0.3) is 0 Å². The fourth-order valence-corrected chi connectivity index (χ4v) is 3.44. The number of rotatable bonds is 5. The van der Waals surface area contributed by atoms with Crippen LogP contribution in [-0.2, 0) is 10.2 Å². The molecule has 3 heteroatoms. The molecule has 0 unspecified atom stereocenters. The summed E-state index contributed by atoms with van der Waals surface area (Å²) in [5, 5.41) is 3.00. The molecule has 25 heavy (non-hydrogen) atoms. The number of carbonyl (C=O) groups excluding carboxylic acids is 1. The Morgan fingerprint density at radius 1 is 0.960 bits per heavy atom. The number of hydrogen-bond acceptors (Lipinski definition) is 2. The Balaban J connectivity index is 1.95. The van der Waals surface area contributed by atoms with E-state index < -0.39 is 0 Å². The summed E-state index contributed by atoms with van der Waals surface area (Å²) in [6.07, 6.45) is 0. The zero-order valence-corrected chi connectivity index (χ0v) is 16.9. The maximum atomic E-state index is 12.5. The van der Waals surface area contributed by atoms with Gasteiger partial charge < -0.3 is 5.32 Å². The Labute approximate surface area is 156 Å². The van der Waals surface area contributed by atoms with Gasteiger partial charge in [0.2, 0.25) is 5.91 Å². The zero-order chi connectivity index (χ0) is 18.6. The molecule has 0 spiro atoms. The molecule has 0 aliphatic rings. The fraction of sp³-hybridized carbons (Fsp3) is 0.409. The highest BCUT2D eigenvalue weighted by Gasteiger charge is 2.18. The second-order valence-corrected chi connectivity index (χ2v) is 9.09. The van der Waals surface area contributed by atoms with E-state index in [0.29, 0.717) is 0 Å². The number of hydrogen-bond donors (Lipinski definition) is 1. The van der Waals surface area contributed by atoms with Gasteiger partial charge in [-0.2, -0.15) is 0 Å². The van der Waals surface area contributed by atoms with E-state index in [9.17, 15) is 4.79 Å². The van der Waals surface area contributed by atoms with Crippen LogP contribution in [0.5, 0.6) is 0 Å². The van der Waals surface area contributed by atoms with Crippen molar-refractivity contribution in [3.05, 3.63) is 65.2 Å². The molecule has 134 valence electrons. The van der Waals surface area contributed by atoms with E-state index in [1.165, 1.54) is 11.1 Å². The van der Waals surface area contributed by atoms with Crippen molar-refractivity contribution in [2.24, 2.45) is 0 Å². The van der Waals surface area contributed by atoms with E-state index in [4.69, 9.17) is 0 Å². The SMILES string of the molecule is Cc1ccc(S[C@@H](C)C(=O)N[C@@H](C)c2ccc(C(C)(C)C)cc2)cc1. The Kier molecular flexibility index (Phi) is 6.34. The lowest BCUT2D eigenvalue weighted by molar-refractivity contribution is -0.120. The quantitative estimate of drug-likeness (QED) is 0.702. The van der Waals surface area contributed by atoms with Crippen molar-refractivity contribution >= 4 is 17.7 Å². The van der Waals surface area contributed by atoms with Crippen LogP contribution in [0.4, 0.5) is 0 Å². The average Bonchev–Trinajstić information content (AvgIpc) is 2.56. The topological polar surface area (TPSA) is 29.1 Å². The van der Waals surface area contributed by atoms with E-state index in [0.717, 1.165) is 10.5 Å². The largest absolute Gasteiger partial charge is 0.349 e. The molecule has 2 aromatic rings. The minimum atomic E-state index is -0.126. The molecule has 2 atom stereocenters. The smallest absolute Gasteiger partial charge is 0.233 e. The number of aryl methyl sites for hydroxylation is 1. The molecule has 0 heterocycles. The summed E-state index contributed by atoms with van der Waals surface area (Å²) >= 11 is 1.59. The van der Waals surface area contributed by atoms with E-state index in [1.54, 1.807) is 11.8 Å². The molecular weight excluding hydrogens is 326 g/mol. The molecule has 0 saturated carbocycles. The van der Waals surface area contributed by atoms with Crippen LogP contribution in [0.15, 0.2) is 53.4 Å². The number of nitrogens with one attached hydrogen (secondary N) is 1. The highest BCUT2D eigenvalue weighted by atomic mass is 32.2. The number of thioether (sulfide) groups is 1. The monoisotopic (exact) mass is 355 g/mol. The highest BCUT2D eigenvalue weighted by Crippen LogP contribution is 2.26. The first-order valence-electron chi connectivity index (χ1n) is 8.81. The number of carbonyl (C=O) groups is 1. The summed E-state index contributed by atoms with van der Waals surface area (Å²) in [5.41, 5.74) is 3.81. The summed E-state index contributed by atoms with van der Waals surface area (Å²) in [6.45, 7) is 12.7. The van der Waals surface area contributed by atoms with Gasteiger partial charge in [-0.25, -0.2) is 0 Å². The Bertz CT molecular complexity index is 698. The first-order valence-corrected chi connectivity index (χ1v) is 9.69. The molecule has 0 aromatic heterocycles. The molecule has 1 amide bonds. The van der Waals surface area contributed by atoms with Gasteiger partial charge in [0.05, 0.1) is 11.3 Å². The molecule has 2 rings (SSSR count). The molecular formula is C22H29NOS.